The van der Waals surface area contributed by atoms with Crippen molar-refractivity contribution < 1.29 is 30.0 Å². The maximum absolute atomic E-state index is 10.8. The minimum absolute atomic E-state index is 0.0927. The lowest BCUT2D eigenvalue weighted by Gasteiger charge is -2.10. The molecule has 0 aliphatic carbocycles. The summed E-state index contributed by atoms with van der Waals surface area (Å²) in [5, 5.41) is 36.5. The van der Waals surface area contributed by atoms with Crippen LogP contribution in [0.3, 0.4) is 0 Å². The molecule has 0 saturated heterocycles. The predicted molar refractivity (Wildman–Crippen MR) is 53.1 cm³/mol. The van der Waals surface area contributed by atoms with Crippen LogP contribution in [-0.2, 0) is 6.42 Å². The van der Waals surface area contributed by atoms with Gasteiger partial charge in [-0.05, 0) is 12.5 Å². The van der Waals surface area contributed by atoms with Crippen LogP contribution in [0.15, 0.2) is 6.07 Å². The second-order valence-corrected chi connectivity index (χ2v) is 3.11. The summed E-state index contributed by atoms with van der Waals surface area (Å²) >= 11 is 0. The van der Waals surface area contributed by atoms with Gasteiger partial charge >= 0.3 is 11.9 Å². The second-order valence-electron chi connectivity index (χ2n) is 3.11. The van der Waals surface area contributed by atoms with Crippen LogP contribution >= 0.6 is 0 Å². The molecule has 0 amide bonds. The lowest BCUT2D eigenvalue weighted by molar-refractivity contribution is 0.0673. The third kappa shape index (κ3) is 1.77. The summed E-state index contributed by atoms with van der Waals surface area (Å²) in [6.07, 6.45) is 0.0994. The highest BCUT2D eigenvalue weighted by Crippen LogP contribution is 2.33. The lowest BCUT2D eigenvalue weighted by Crippen LogP contribution is -2.07. The SMILES string of the molecule is CCc1c(O)c(C(=O)O)cc(O)c1C(=O)O. The molecule has 0 atom stereocenters. The minimum Gasteiger partial charge on any atom is -0.507 e. The molecule has 0 aliphatic heterocycles. The Labute approximate surface area is 90.4 Å². The van der Waals surface area contributed by atoms with Gasteiger partial charge in [-0.2, -0.15) is 0 Å². The first kappa shape index (κ1) is 11.8. The Bertz CT molecular complexity index is 463. The van der Waals surface area contributed by atoms with Gasteiger partial charge in [0.15, 0.2) is 0 Å². The van der Waals surface area contributed by atoms with Crippen molar-refractivity contribution in [1.82, 2.24) is 0 Å². The third-order valence-corrected chi connectivity index (χ3v) is 2.18. The quantitative estimate of drug-likeness (QED) is 0.573. The van der Waals surface area contributed by atoms with Crippen LogP contribution in [0.25, 0.3) is 0 Å². The van der Waals surface area contributed by atoms with E-state index < -0.39 is 34.6 Å². The fourth-order valence-electron chi connectivity index (χ4n) is 1.46. The topological polar surface area (TPSA) is 115 Å². The largest absolute Gasteiger partial charge is 0.507 e. The number of aromatic hydroxyl groups is 2. The maximum atomic E-state index is 10.8. The Kier molecular flexibility index (Phi) is 3.03. The van der Waals surface area contributed by atoms with Gasteiger partial charge < -0.3 is 20.4 Å². The molecule has 0 spiro atoms. The van der Waals surface area contributed by atoms with Crippen molar-refractivity contribution >= 4 is 11.9 Å². The molecule has 1 aromatic rings. The Morgan fingerprint density at radius 1 is 1.19 bits per heavy atom. The molecule has 4 N–H and O–H groups in total. The first-order valence-electron chi connectivity index (χ1n) is 4.44. The summed E-state index contributed by atoms with van der Waals surface area (Å²) in [6.45, 7) is 1.55. The van der Waals surface area contributed by atoms with Gasteiger partial charge in [-0.3, -0.25) is 0 Å². The van der Waals surface area contributed by atoms with Crippen LogP contribution in [0.1, 0.15) is 33.2 Å². The lowest BCUT2D eigenvalue weighted by atomic mass is 9.99. The van der Waals surface area contributed by atoms with Gasteiger partial charge in [-0.1, -0.05) is 6.92 Å². The molecule has 1 rings (SSSR count). The zero-order valence-corrected chi connectivity index (χ0v) is 8.39. The monoisotopic (exact) mass is 226 g/mol. The van der Waals surface area contributed by atoms with Gasteiger partial charge in [0.25, 0.3) is 0 Å². The van der Waals surface area contributed by atoms with Crippen molar-refractivity contribution in [2.24, 2.45) is 0 Å². The van der Waals surface area contributed by atoms with E-state index in [1.807, 2.05) is 0 Å². The standard InChI is InChI=1S/C10H10O6/c1-2-4-7(10(15)16)6(11)3-5(8(4)12)9(13)14/h3,11-12H,2H2,1H3,(H,13,14)(H,15,16). The molecular weight excluding hydrogens is 216 g/mol. The van der Waals surface area contributed by atoms with Gasteiger partial charge in [0, 0.05) is 5.56 Å². The second kappa shape index (κ2) is 4.09. The molecule has 0 saturated carbocycles. The van der Waals surface area contributed by atoms with E-state index in [2.05, 4.69) is 0 Å². The molecule has 0 heterocycles. The number of hydrogen-bond acceptors (Lipinski definition) is 4. The predicted octanol–water partition coefficient (Wildman–Crippen LogP) is 1.06. The van der Waals surface area contributed by atoms with Crippen LogP contribution < -0.4 is 0 Å². The first-order chi connectivity index (χ1) is 7.40. The van der Waals surface area contributed by atoms with Crippen molar-refractivity contribution in [1.29, 1.82) is 0 Å². The minimum atomic E-state index is -1.43. The number of hydrogen-bond donors (Lipinski definition) is 4. The molecule has 86 valence electrons. The van der Waals surface area contributed by atoms with E-state index in [-0.39, 0.29) is 12.0 Å². The Hall–Kier alpha value is -2.24. The molecule has 0 aromatic heterocycles. The van der Waals surface area contributed by atoms with Crippen molar-refractivity contribution in [3.63, 3.8) is 0 Å². The number of rotatable bonds is 3. The van der Waals surface area contributed by atoms with Crippen molar-refractivity contribution in [3.05, 3.63) is 22.8 Å². The maximum Gasteiger partial charge on any atom is 0.339 e. The van der Waals surface area contributed by atoms with Crippen LogP contribution in [0.2, 0.25) is 0 Å². The highest BCUT2D eigenvalue weighted by molar-refractivity contribution is 5.98. The Morgan fingerprint density at radius 3 is 2.12 bits per heavy atom. The number of phenols is 2. The highest BCUT2D eigenvalue weighted by Gasteiger charge is 2.23. The van der Waals surface area contributed by atoms with Crippen LogP contribution in [0.4, 0.5) is 0 Å². The van der Waals surface area contributed by atoms with Crippen molar-refractivity contribution in [2.45, 2.75) is 13.3 Å². The van der Waals surface area contributed by atoms with Crippen molar-refractivity contribution in [3.8, 4) is 11.5 Å². The summed E-state index contributed by atoms with van der Waals surface area (Å²) in [7, 11) is 0. The molecule has 0 fully saturated rings. The molecule has 0 unspecified atom stereocenters. The summed E-state index contributed by atoms with van der Waals surface area (Å²) in [5.74, 6) is -4.13. The van der Waals surface area contributed by atoms with E-state index in [9.17, 15) is 19.8 Å². The summed E-state index contributed by atoms with van der Waals surface area (Å²) in [4.78, 5) is 21.5. The number of aromatic carboxylic acids is 2. The smallest absolute Gasteiger partial charge is 0.339 e. The number of carboxylic acid groups (broad SMARTS) is 2. The van der Waals surface area contributed by atoms with E-state index in [0.717, 1.165) is 6.07 Å². The van der Waals surface area contributed by atoms with E-state index in [1.54, 1.807) is 6.92 Å². The zero-order valence-electron chi connectivity index (χ0n) is 8.39. The molecular formula is C10H10O6. The zero-order chi connectivity index (χ0) is 12.5. The average Bonchev–Trinajstić information content (AvgIpc) is 2.19. The van der Waals surface area contributed by atoms with E-state index in [0.29, 0.717) is 0 Å². The Morgan fingerprint density at radius 2 is 1.75 bits per heavy atom. The molecule has 0 bridgehead atoms. The fraction of sp³-hybridized carbons (Fsp3) is 0.200. The average molecular weight is 226 g/mol. The molecule has 6 heteroatoms. The summed E-state index contributed by atoms with van der Waals surface area (Å²) in [5.41, 5.74) is -1.07. The number of carbonyl (C=O) groups is 2. The van der Waals surface area contributed by atoms with Gasteiger partial charge in [0.2, 0.25) is 0 Å². The number of benzene rings is 1. The van der Waals surface area contributed by atoms with Gasteiger partial charge in [0.05, 0.1) is 0 Å². The third-order valence-electron chi connectivity index (χ3n) is 2.18. The van der Waals surface area contributed by atoms with E-state index >= 15 is 0 Å². The van der Waals surface area contributed by atoms with Crippen LogP contribution in [-0.4, -0.2) is 32.4 Å². The number of carboxylic acids is 2. The van der Waals surface area contributed by atoms with Crippen LogP contribution in [0, 0.1) is 0 Å². The normalized spacial score (nSPS) is 10.1. The summed E-state index contributed by atoms with van der Waals surface area (Å²) in [6, 6.07) is 0.722. The molecule has 0 radical (unpaired) electrons. The van der Waals surface area contributed by atoms with Gasteiger partial charge in [0.1, 0.15) is 22.6 Å². The molecule has 0 aliphatic rings. The summed E-state index contributed by atoms with van der Waals surface area (Å²) < 4.78 is 0. The molecule has 1 aromatic carbocycles. The van der Waals surface area contributed by atoms with Gasteiger partial charge in [-0.15, -0.1) is 0 Å². The Balaban J connectivity index is 3.63. The van der Waals surface area contributed by atoms with Crippen molar-refractivity contribution in [2.75, 3.05) is 0 Å². The van der Waals surface area contributed by atoms with E-state index in [4.69, 9.17) is 10.2 Å². The molecule has 6 nitrogen and oxygen atoms in total. The van der Waals surface area contributed by atoms with Crippen LogP contribution in [0.5, 0.6) is 11.5 Å². The molecule has 16 heavy (non-hydrogen) atoms. The van der Waals surface area contributed by atoms with Gasteiger partial charge in [-0.25, -0.2) is 9.59 Å². The van der Waals surface area contributed by atoms with E-state index in [1.165, 1.54) is 0 Å². The first-order valence-corrected chi connectivity index (χ1v) is 4.44. The highest BCUT2D eigenvalue weighted by atomic mass is 16.4. The fourth-order valence-corrected chi connectivity index (χ4v) is 1.46.